The van der Waals surface area contributed by atoms with E-state index in [1.165, 1.54) is 0 Å². The van der Waals surface area contributed by atoms with Gasteiger partial charge in [0.2, 0.25) is 0 Å². The van der Waals surface area contributed by atoms with Gasteiger partial charge in [-0.15, -0.1) is 4.33 Å². The summed E-state index contributed by atoms with van der Waals surface area (Å²) in [5, 5.41) is 14.5. The Morgan fingerprint density at radius 3 is 2.85 bits per heavy atom. The average Bonchev–Trinajstić information content (AvgIpc) is 2.15. The quantitative estimate of drug-likeness (QED) is 0.445. The Bertz CT molecular complexity index is 280. The lowest BCUT2D eigenvalue weighted by molar-refractivity contribution is -0.432. The summed E-state index contributed by atoms with van der Waals surface area (Å²) in [6.45, 7) is 1.98. The van der Waals surface area contributed by atoms with E-state index in [1.807, 2.05) is 32.2 Å². The number of rotatable bonds is 4. The minimum absolute atomic E-state index is 0.858. The van der Waals surface area contributed by atoms with Crippen LogP contribution in [-0.2, 0) is 9.37 Å². The number of nitrogens with one attached hydrogen (secondary N) is 1. The molecule has 4 nitrogen and oxygen atoms in total. The van der Waals surface area contributed by atoms with Gasteiger partial charge in [-0.25, -0.2) is 5.26 Å². The minimum Gasteiger partial charge on any atom is -0.387 e. The molecule has 0 unspecified atom stereocenters. The number of hydrogen-bond acceptors (Lipinski definition) is 5. The lowest BCUT2D eigenvalue weighted by Gasteiger charge is -2.06. The van der Waals surface area contributed by atoms with E-state index >= 15 is 0 Å². The molecule has 0 aromatic heterocycles. The molecule has 0 saturated carbocycles. The fourth-order valence-electron chi connectivity index (χ4n) is 0.957. The molecule has 1 rings (SSSR count). The molecule has 0 fully saturated rings. The third kappa shape index (κ3) is 2.89. The van der Waals surface area contributed by atoms with Crippen molar-refractivity contribution in [3.05, 3.63) is 23.8 Å². The standard InChI is InChI=1S/C8H11NO3S/c1-6-3-4-7(9-2)8(5-6)13-12-11-10/h3-5,9-10H,1-2H3. The van der Waals surface area contributed by atoms with Crippen LogP contribution in [0.3, 0.4) is 0 Å². The first kappa shape index (κ1) is 10.3. The van der Waals surface area contributed by atoms with Crippen molar-refractivity contribution in [1.82, 2.24) is 0 Å². The highest BCUT2D eigenvalue weighted by Gasteiger charge is 2.02. The molecule has 72 valence electrons. The molecule has 0 spiro atoms. The molecule has 5 heteroatoms. The van der Waals surface area contributed by atoms with E-state index in [2.05, 4.69) is 14.7 Å². The summed E-state index contributed by atoms with van der Waals surface area (Å²) in [6, 6.07) is 5.84. The summed E-state index contributed by atoms with van der Waals surface area (Å²) >= 11 is 0.951. The average molecular weight is 201 g/mol. The van der Waals surface area contributed by atoms with Crippen molar-refractivity contribution in [3.63, 3.8) is 0 Å². The summed E-state index contributed by atoms with van der Waals surface area (Å²) < 4.78 is 4.35. The Balaban J connectivity index is 2.81. The van der Waals surface area contributed by atoms with Gasteiger partial charge in [0.05, 0.1) is 22.6 Å². The Labute approximate surface area is 80.9 Å². The van der Waals surface area contributed by atoms with Crippen LogP contribution in [0.15, 0.2) is 23.1 Å². The summed E-state index contributed by atoms with van der Waals surface area (Å²) in [5.41, 5.74) is 2.04. The number of anilines is 1. The monoisotopic (exact) mass is 201 g/mol. The first-order chi connectivity index (χ1) is 6.27. The molecule has 0 aliphatic carbocycles. The van der Waals surface area contributed by atoms with Crippen LogP contribution in [0, 0.1) is 6.92 Å². The van der Waals surface area contributed by atoms with Gasteiger partial charge in [-0.2, -0.15) is 0 Å². The van der Waals surface area contributed by atoms with Crippen LogP contribution < -0.4 is 5.32 Å². The van der Waals surface area contributed by atoms with Gasteiger partial charge in [-0.05, 0) is 24.6 Å². The van der Waals surface area contributed by atoms with Crippen LogP contribution in [-0.4, -0.2) is 12.3 Å². The maximum absolute atomic E-state index is 8.00. The zero-order valence-corrected chi connectivity index (χ0v) is 8.22. The van der Waals surface area contributed by atoms with Gasteiger partial charge < -0.3 is 5.32 Å². The second kappa shape index (κ2) is 5.08. The van der Waals surface area contributed by atoms with Gasteiger partial charge in [0.1, 0.15) is 0 Å². The predicted molar refractivity (Wildman–Crippen MR) is 51.4 cm³/mol. The summed E-state index contributed by atoms with van der Waals surface area (Å²) in [6.07, 6.45) is 0. The van der Waals surface area contributed by atoms with Crippen molar-refractivity contribution >= 4 is 17.7 Å². The fourth-order valence-corrected chi connectivity index (χ4v) is 1.55. The van der Waals surface area contributed by atoms with E-state index in [9.17, 15) is 0 Å². The largest absolute Gasteiger partial charge is 0.387 e. The molecule has 2 N–H and O–H groups in total. The second-order valence-corrected chi connectivity index (χ2v) is 3.22. The molecule has 0 aliphatic heterocycles. The number of hydrogen-bond donors (Lipinski definition) is 2. The van der Waals surface area contributed by atoms with Crippen LogP contribution in [0.4, 0.5) is 5.69 Å². The fraction of sp³-hybridized carbons (Fsp3) is 0.250. The lowest BCUT2D eigenvalue weighted by atomic mass is 10.2. The third-order valence-electron chi connectivity index (χ3n) is 1.56. The third-order valence-corrected chi connectivity index (χ3v) is 2.21. The van der Waals surface area contributed by atoms with Crippen LogP contribution in [0.1, 0.15) is 5.56 Å². The van der Waals surface area contributed by atoms with Gasteiger partial charge in [0, 0.05) is 7.05 Å². The first-order valence-corrected chi connectivity index (χ1v) is 4.45. The van der Waals surface area contributed by atoms with E-state index in [4.69, 9.17) is 5.26 Å². The molecule has 0 atom stereocenters. The van der Waals surface area contributed by atoms with Crippen LogP contribution >= 0.6 is 12.0 Å². The van der Waals surface area contributed by atoms with Crippen LogP contribution in [0.2, 0.25) is 0 Å². The van der Waals surface area contributed by atoms with Crippen molar-refractivity contribution in [1.29, 1.82) is 0 Å². The molecule has 13 heavy (non-hydrogen) atoms. The molecule has 0 bridgehead atoms. The highest BCUT2D eigenvalue weighted by Crippen LogP contribution is 2.28. The van der Waals surface area contributed by atoms with Crippen molar-refractivity contribution in [2.24, 2.45) is 0 Å². The molecule has 0 radical (unpaired) electrons. The topological polar surface area (TPSA) is 50.7 Å². The van der Waals surface area contributed by atoms with E-state index in [1.54, 1.807) is 0 Å². The molecule has 0 heterocycles. The van der Waals surface area contributed by atoms with Crippen molar-refractivity contribution < 1.29 is 14.6 Å². The van der Waals surface area contributed by atoms with E-state index < -0.39 is 0 Å². The van der Waals surface area contributed by atoms with Gasteiger partial charge >= 0.3 is 0 Å². The van der Waals surface area contributed by atoms with Gasteiger partial charge in [0.25, 0.3) is 0 Å². The Morgan fingerprint density at radius 1 is 1.46 bits per heavy atom. The maximum Gasteiger partial charge on any atom is 0.0736 e. The Hall–Kier alpha value is -0.750. The zero-order chi connectivity index (χ0) is 9.68. The minimum atomic E-state index is 0.858. The van der Waals surface area contributed by atoms with Gasteiger partial charge in [-0.1, -0.05) is 11.1 Å². The molecular weight excluding hydrogens is 190 g/mol. The molecule has 1 aromatic carbocycles. The van der Waals surface area contributed by atoms with E-state index in [0.29, 0.717) is 0 Å². The van der Waals surface area contributed by atoms with Crippen molar-refractivity contribution in [2.45, 2.75) is 11.8 Å². The van der Waals surface area contributed by atoms with Crippen LogP contribution in [0.25, 0.3) is 0 Å². The van der Waals surface area contributed by atoms with E-state index in [-0.39, 0.29) is 0 Å². The van der Waals surface area contributed by atoms with Crippen LogP contribution in [0.5, 0.6) is 0 Å². The van der Waals surface area contributed by atoms with Gasteiger partial charge in [0.15, 0.2) is 0 Å². The normalized spacial score (nSPS) is 10.1. The van der Waals surface area contributed by atoms with Crippen molar-refractivity contribution in [2.75, 3.05) is 12.4 Å². The predicted octanol–water partition coefficient (Wildman–Crippen LogP) is 2.47. The summed E-state index contributed by atoms with van der Waals surface area (Å²) in [5.74, 6) is 0. The summed E-state index contributed by atoms with van der Waals surface area (Å²) in [7, 11) is 1.81. The second-order valence-electron chi connectivity index (χ2n) is 2.48. The Kier molecular flexibility index (Phi) is 4.04. The van der Waals surface area contributed by atoms with E-state index in [0.717, 1.165) is 28.2 Å². The lowest BCUT2D eigenvalue weighted by Crippen LogP contribution is -1.91. The zero-order valence-electron chi connectivity index (χ0n) is 7.40. The Morgan fingerprint density at radius 2 is 2.23 bits per heavy atom. The molecular formula is C8H11NO3S. The number of benzene rings is 1. The first-order valence-electron chi connectivity index (χ1n) is 3.71. The SMILES string of the molecule is CNc1ccc(C)cc1SOOO. The van der Waals surface area contributed by atoms with Crippen molar-refractivity contribution in [3.8, 4) is 0 Å². The molecule has 0 aliphatic rings. The summed E-state index contributed by atoms with van der Waals surface area (Å²) in [4.78, 5) is 0.858. The maximum atomic E-state index is 8.00. The van der Waals surface area contributed by atoms with Gasteiger partial charge in [-0.3, -0.25) is 0 Å². The molecule has 0 saturated heterocycles. The highest BCUT2D eigenvalue weighted by atomic mass is 32.2. The highest BCUT2D eigenvalue weighted by molar-refractivity contribution is 7.94. The number of aryl methyl sites for hydroxylation is 1. The molecule has 0 amide bonds. The molecule has 1 aromatic rings. The smallest absolute Gasteiger partial charge is 0.0736 e.